The molecule has 150 valence electrons. The maximum Gasteiger partial charge on any atom is 0.303 e. The fourth-order valence-corrected chi connectivity index (χ4v) is 3.42. The zero-order valence-electron chi connectivity index (χ0n) is 15.3. The number of rotatable bonds is 8. The molecular formula is C21H22F3NO3. The number of carbonyl (C=O) groups is 1. The molecule has 3 rings (SSSR count). The summed E-state index contributed by atoms with van der Waals surface area (Å²) in [6.07, 6.45) is 4.22. The fraction of sp³-hybridized carbons (Fsp3) is 0.381. The lowest BCUT2D eigenvalue weighted by molar-refractivity contribution is -0.137. The van der Waals surface area contributed by atoms with Crippen LogP contribution in [-0.4, -0.2) is 23.7 Å². The Kier molecular flexibility index (Phi) is 6.44. The molecule has 0 spiro atoms. The first-order chi connectivity index (χ1) is 13.4. The van der Waals surface area contributed by atoms with E-state index in [-0.39, 0.29) is 31.1 Å². The van der Waals surface area contributed by atoms with Crippen molar-refractivity contribution in [2.75, 3.05) is 11.9 Å². The number of hydrogen-bond acceptors (Lipinski definition) is 3. The van der Waals surface area contributed by atoms with Gasteiger partial charge in [0.05, 0.1) is 6.61 Å². The van der Waals surface area contributed by atoms with Gasteiger partial charge < -0.3 is 15.2 Å². The van der Waals surface area contributed by atoms with Crippen molar-refractivity contribution in [3.8, 4) is 16.9 Å². The number of hydrogen-bond donors (Lipinski definition) is 2. The van der Waals surface area contributed by atoms with Crippen LogP contribution in [0.2, 0.25) is 0 Å². The van der Waals surface area contributed by atoms with Crippen LogP contribution in [-0.2, 0) is 4.79 Å². The first-order valence-corrected chi connectivity index (χ1v) is 9.34. The first-order valence-electron chi connectivity index (χ1n) is 9.34. The third-order valence-corrected chi connectivity index (χ3v) is 4.79. The number of aliphatic carboxylic acids is 1. The van der Waals surface area contributed by atoms with Gasteiger partial charge in [-0.25, -0.2) is 13.2 Å². The molecule has 0 atom stereocenters. The van der Waals surface area contributed by atoms with Crippen molar-refractivity contribution in [3.63, 3.8) is 0 Å². The van der Waals surface area contributed by atoms with E-state index in [1.807, 2.05) is 0 Å². The minimum absolute atomic E-state index is 0.117. The quantitative estimate of drug-likeness (QED) is 0.592. The van der Waals surface area contributed by atoms with Crippen LogP contribution < -0.4 is 10.1 Å². The van der Waals surface area contributed by atoms with Gasteiger partial charge in [0, 0.05) is 23.7 Å². The van der Waals surface area contributed by atoms with Gasteiger partial charge in [0.25, 0.3) is 0 Å². The Labute approximate surface area is 161 Å². The van der Waals surface area contributed by atoms with Crippen LogP contribution in [0.5, 0.6) is 5.75 Å². The molecule has 0 amide bonds. The van der Waals surface area contributed by atoms with E-state index in [0.29, 0.717) is 11.3 Å². The molecule has 2 aromatic carbocycles. The Morgan fingerprint density at radius 1 is 1.11 bits per heavy atom. The standard InChI is InChI=1S/C21H22F3NO3/c22-14-7-8-19(25-15-4-1-2-5-15)16(12-14)13-10-17(23)21(18(24)11-13)28-9-3-6-20(26)27/h7-8,10-12,15,25H,1-6,9H2,(H,26,27). The number of benzene rings is 2. The predicted molar refractivity (Wildman–Crippen MR) is 100.0 cm³/mol. The van der Waals surface area contributed by atoms with E-state index < -0.39 is 29.2 Å². The van der Waals surface area contributed by atoms with Gasteiger partial charge in [0.1, 0.15) is 5.82 Å². The summed E-state index contributed by atoms with van der Waals surface area (Å²) in [5.74, 6) is -3.89. The summed E-state index contributed by atoms with van der Waals surface area (Å²) in [5.41, 5.74) is 1.21. The number of carboxylic acid groups (broad SMARTS) is 1. The average molecular weight is 393 g/mol. The van der Waals surface area contributed by atoms with Crippen molar-refractivity contribution in [3.05, 3.63) is 47.8 Å². The zero-order chi connectivity index (χ0) is 20.1. The summed E-state index contributed by atoms with van der Waals surface area (Å²) in [5, 5.41) is 11.9. The van der Waals surface area contributed by atoms with Gasteiger partial charge in [0.15, 0.2) is 17.4 Å². The molecule has 0 unspecified atom stereocenters. The number of nitrogens with one attached hydrogen (secondary N) is 1. The molecule has 2 aromatic rings. The normalized spacial score (nSPS) is 14.2. The zero-order valence-corrected chi connectivity index (χ0v) is 15.3. The molecule has 1 aliphatic carbocycles. The van der Waals surface area contributed by atoms with Crippen molar-refractivity contribution in [1.29, 1.82) is 0 Å². The van der Waals surface area contributed by atoms with Gasteiger partial charge in [-0.05, 0) is 55.2 Å². The first kappa shape index (κ1) is 20.0. The molecule has 1 aliphatic rings. The summed E-state index contributed by atoms with van der Waals surface area (Å²) < 4.78 is 47.7. The molecule has 28 heavy (non-hydrogen) atoms. The number of anilines is 1. The summed E-state index contributed by atoms with van der Waals surface area (Å²) in [6, 6.07) is 6.60. The van der Waals surface area contributed by atoms with E-state index in [9.17, 15) is 18.0 Å². The molecule has 0 radical (unpaired) electrons. The highest BCUT2D eigenvalue weighted by Crippen LogP contribution is 2.35. The van der Waals surface area contributed by atoms with Crippen LogP contribution in [0.4, 0.5) is 18.9 Å². The van der Waals surface area contributed by atoms with Crippen molar-refractivity contribution >= 4 is 11.7 Å². The van der Waals surface area contributed by atoms with Gasteiger partial charge in [-0.3, -0.25) is 4.79 Å². The third-order valence-electron chi connectivity index (χ3n) is 4.79. The molecule has 7 heteroatoms. The summed E-state index contributed by atoms with van der Waals surface area (Å²) in [7, 11) is 0. The highest BCUT2D eigenvalue weighted by molar-refractivity contribution is 5.78. The predicted octanol–water partition coefficient (Wildman–Crippen LogP) is 5.37. The fourth-order valence-electron chi connectivity index (χ4n) is 3.42. The van der Waals surface area contributed by atoms with Crippen molar-refractivity contribution in [1.82, 2.24) is 0 Å². The van der Waals surface area contributed by atoms with Crippen LogP contribution >= 0.6 is 0 Å². The molecule has 1 saturated carbocycles. The van der Waals surface area contributed by atoms with E-state index in [2.05, 4.69) is 5.32 Å². The molecular weight excluding hydrogens is 371 g/mol. The lowest BCUT2D eigenvalue weighted by atomic mass is 10.0. The van der Waals surface area contributed by atoms with Crippen LogP contribution in [0, 0.1) is 17.5 Å². The minimum atomic E-state index is -1.01. The second-order valence-electron chi connectivity index (χ2n) is 6.93. The van der Waals surface area contributed by atoms with E-state index >= 15 is 0 Å². The van der Waals surface area contributed by atoms with Gasteiger partial charge in [0.2, 0.25) is 0 Å². The second-order valence-corrected chi connectivity index (χ2v) is 6.93. The van der Waals surface area contributed by atoms with Crippen LogP contribution in [0.1, 0.15) is 38.5 Å². The highest BCUT2D eigenvalue weighted by Gasteiger charge is 2.19. The third kappa shape index (κ3) is 4.97. The van der Waals surface area contributed by atoms with Crippen molar-refractivity contribution in [2.45, 2.75) is 44.6 Å². The molecule has 0 aliphatic heterocycles. The molecule has 4 nitrogen and oxygen atoms in total. The van der Waals surface area contributed by atoms with Crippen LogP contribution in [0.25, 0.3) is 11.1 Å². The SMILES string of the molecule is O=C(O)CCCOc1c(F)cc(-c2cc(F)ccc2NC2CCCC2)cc1F. The smallest absolute Gasteiger partial charge is 0.303 e. The van der Waals surface area contributed by atoms with Gasteiger partial charge in [-0.1, -0.05) is 12.8 Å². The van der Waals surface area contributed by atoms with E-state index in [4.69, 9.17) is 9.84 Å². The van der Waals surface area contributed by atoms with Crippen molar-refractivity contribution < 1.29 is 27.8 Å². The van der Waals surface area contributed by atoms with Gasteiger partial charge in [-0.15, -0.1) is 0 Å². The highest BCUT2D eigenvalue weighted by atomic mass is 19.1. The number of halogens is 3. The van der Waals surface area contributed by atoms with Crippen LogP contribution in [0.3, 0.4) is 0 Å². The van der Waals surface area contributed by atoms with Gasteiger partial charge >= 0.3 is 5.97 Å². The molecule has 2 N–H and O–H groups in total. The summed E-state index contributed by atoms with van der Waals surface area (Å²) in [4.78, 5) is 10.5. The average Bonchev–Trinajstić information content (AvgIpc) is 3.14. The molecule has 0 aromatic heterocycles. The second kappa shape index (κ2) is 8.99. The lowest BCUT2D eigenvalue weighted by Gasteiger charge is -2.18. The van der Waals surface area contributed by atoms with E-state index in [1.54, 1.807) is 6.07 Å². The van der Waals surface area contributed by atoms with E-state index in [0.717, 1.165) is 37.8 Å². The topological polar surface area (TPSA) is 58.6 Å². The largest absolute Gasteiger partial charge is 0.488 e. The Balaban J connectivity index is 1.83. The van der Waals surface area contributed by atoms with E-state index in [1.165, 1.54) is 12.1 Å². The monoisotopic (exact) mass is 393 g/mol. The number of ether oxygens (including phenoxy) is 1. The maximum absolute atomic E-state index is 14.4. The Hall–Kier alpha value is -2.70. The summed E-state index contributed by atoms with van der Waals surface area (Å²) >= 11 is 0. The molecule has 0 bridgehead atoms. The molecule has 0 saturated heterocycles. The van der Waals surface area contributed by atoms with Crippen molar-refractivity contribution in [2.24, 2.45) is 0 Å². The van der Waals surface area contributed by atoms with Crippen LogP contribution in [0.15, 0.2) is 30.3 Å². The molecule has 0 heterocycles. The van der Waals surface area contributed by atoms with Gasteiger partial charge in [-0.2, -0.15) is 0 Å². The summed E-state index contributed by atoms with van der Waals surface area (Å²) in [6.45, 7) is -0.117. The Morgan fingerprint density at radius 3 is 2.43 bits per heavy atom. The Bertz CT molecular complexity index is 828. The minimum Gasteiger partial charge on any atom is -0.488 e. The number of carboxylic acids is 1. The Morgan fingerprint density at radius 2 is 1.79 bits per heavy atom. The molecule has 1 fully saturated rings. The maximum atomic E-state index is 14.4. The lowest BCUT2D eigenvalue weighted by Crippen LogP contribution is -2.15.